The fourth-order valence-corrected chi connectivity index (χ4v) is 3.92. The van der Waals surface area contributed by atoms with Crippen molar-refractivity contribution in [2.45, 2.75) is 39.2 Å². The Kier molecular flexibility index (Phi) is 2.93. The molecule has 2 nitrogen and oxygen atoms in total. The lowest BCUT2D eigenvalue weighted by atomic mass is 10.3. The molecule has 0 radical (unpaired) electrons. The average molecular weight is 175 g/mol. The zero-order valence-electron chi connectivity index (χ0n) is 7.38. The Morgan fingerprint density at radius 1 is 1.18 bits per heavy atom. The third kappa shape index (κ3) is 2.81. The third-order valence-corrected chi connectivity index (χ3v) is 4.49. The lowest BCUT2D eigenvalue weighted by Crippen LogP contribution is -2.17. The van der Waals surface area contributed by atoms with Gasteiger partial charge in [0.25, 0.3) is 0 Å². The lowest BCUT2D eigenvalue weighted by molar-refractivity contribution is 0.643. The number of rotatable bonds is 1. The molecular formula is C8H17NOS. The van der Waals surface area contributed by atoms with Crippen LogP contribution in [-0.2, 0) is 9.73 Å². The summed E-state index contributed by atoms with van der Waals surface area (Å²) < 4.78 is 16.1. The molecule has 3 heteroatoms. The van der Waals surface area contributed by atoms with Crippen LogP contribution in [0.2, 0.25) is 0 Å². The monoisotopic (exact) mass is 175 g/mol. The summed E-state index contributed by atoms with van der Waals surface area (Å²) in [5.74, 6) is 1.68. The molecule has 0 spiro atoms. The van der Waals surface area contributed by atoms with Crippen molar-refractivity contribution in [3.05, 3.63) is 0 Å². The standard InChI is InChI=1S/C8H17NOS/c1-8(2)9-11(10)6-4-3-5-7-11/h8H,3-7H2,1-2H3. The van der Waals surface area contributed by atoms with Crippen molar-refractivity contribution in [2.24, 2.45) is 4.36 Å². The minimum absolute atomic E-state index is 0.237. The van der Waals surface area contributed by atoms with E-state index in [2.05, 4.69) is 4.36 Å². The van der Waals surface area contributed by atoms with Crippen molar-refractivity contribution in [3.8, 4) is 0 Å². The largest absolute Gasteiger partial charge is 0.250 e. The Morgan fingerprint density at radius 3 is 2.18 bits per heavy atom. The van der Waals surface area contributed by atoms with Crippen molar-refractivity contribution in [1.82, 2.24) is 0 Å². The molecule has 1 heterocycles. The molecule has 0 aromatic rings. The maximum atomic E-state index is 11.8. The number of hydrogen-bond acceptors (Lipinski definition) is 2. The van der Waals surface area contributed by atoms with Crippen molar-refractivity contribution >= 4 is 9.73 Å². The molecule has 0 aromatic carbocycles. The highest BCUT2D eigenvalue weighted by Gasteiger charge is 2.14. The van der Waals surface area contributed by atoms with Crippen LogP contribution in [0.4, 0.5) is 0 Å². The van der Waals surface area contributed by atoms with Crippen LogP contribution in [-0.4, -0.2) is 21.8 Å². The van der Waals surface area contributed by atoms with Gasteiger partial charge in [0, 0.05) is 21.2 Å². The SMILES string of the molecule is CC(C)N=S1(=O)CCCCC1. The molecule has 1 rings (SSSR count). The maximum absolute atomic E-state index is 11.8. The van der Waals surface area contributed by atoms with Gasteiger partial charge in [-0.15, -0.1) is 0 Å². The second-order valence-corrected chi connectivity index (χ2v) is 6.01. The Balaban J connectivity index is 2.72. The molecule has 0 aromatic heterocycles. The average Bonchev–Trinajstić information content (AvgIpc) is 1.85. The first-order valence-electron chi connectivity index (χ1n) is 4.34. The second-order valence-electron chi connectivity index (χ2n) is 3.44. The van der Waals surface area contributed by atoms with Gasteiger partial charge in [-0.05, 0) is 26.7 Å². The van der Waals surface area contributed by atoms with E-state index < -0.39 is 9.73 Å². The smallest absolute Gasteiger partial charge is 0.0537 e. The molecular weight excluding hydrogens is 158 g/mol. The zero-order valence-corrected chi connectivity index (χ0v) is 8.19. The van der Waals surface area contributed by atoms with Gasteiger partial charge in [-0.3, -0.25) is 0 Å². The molecule has 0 atom stereocenters. The first-order chi connectivity index (χ1) is 5.12. The topological polar surface area (TPSA) is 29.4 Å². The van der Waals surface area contributed by atoms with Gasteiger partial charge < -0.3 is 0 Å². The van der Waals surface area contributed by atoms with Gasteiger partial charge in [0.15, 0.2) is 0 Å². The predicted octanol–water partition coefficient (Wildman–Crippen LogP) is 2.05. The molecule has 0 saturated carbocycles. The summed E-state index contributed by atoms with van der Waals surface area (Å²) in [6.45, 7) is 4.00. The Bertz CT molecular complexity index is 214. The van der Waals surface area contributed by atoms with Crippen LogP contribution >= 0.6 is 0 Å². The van der Waals surface area contributed by atoms with E-state index in [0.717, 1.165) is 24.3 Å². The van der Waals surface area contributed by atoms with Gasteiger partial charge in [-0.1, -0.05) is 6.42 Å². The first kappa shape index (κ1) is 9.04. The highest BCUT2D eigenvalue weighted by molar-refractivity contribution is 7.93. The van der Waals surface area contributed by atoms with Crippen LogP contribution in [0.15, 0.2) is 4.36 Å². The predicted molar refractivity (Wildman–Crippen MR) is 49.3 cm³/mol. The fraction of sp³-hybridized carbons (Fsp3) is 1.00. The third-order valence-electron chi connectivity index (χ3n) is 1.83. The van der Waals surface area contributed by atoms with Crippen molar-refractivity contribution in [1.29, 1.82) is 0 Å². The summed E-state index contributed by atoms with van der Waals surface area (Å²) in [4.78, 5) is 0. The molecule has 0 bridgehead atoms. The molecule has 1 aliphatic heterocycles. The van der Waals surface area contributed by atoms with Crippen LogP contribution in [0.1, 0.15) is 33.1 Å². The summed E-state index contributed by atoms with van der Waals surface area (Å²) in [5.41, 5.74) is 0. The minimum atomic E-state index is -1.76. The molecule has 0 amide bonds. The van der Waals surface area contributed by atoms with Gasteiger partial charge in [-0.25, -0.2) is 8.57 Å². The summed E-state index contributed by atoms with van der Waals surface area (Å²) in [6.07, 6.45) is 3.45. The van der Waals surface area contributed by atoms with E-state index in [1.165, 1.54) is 6.42 Å². The molecule has 0 unspecified atom stereocenters. The molecule has 1 aliphatic rings. The van der Waals surface area contributed by atoms with E-state index in [1.54, 1.807) is 0 Å². The van der Waals surface area contributed by atoms with Crippen LogP contribution in [0.3, 0.4) is 0 Å². The van der Waals surface area contributed by atoms with Crippen LogP contribution in [0.5, 0.6) is 0 Å². The Hall–Kier alpha value is -0.0500. The molecule has 66 valence electrons. The molecule has 1 saturated heterocycles. The molecule has 0 aliphatic carbocycles. The van der Waals surface area contributed by atoms with E-state index in [-0.39, 0.29) is 6.04 Å². The second kappa shape index (κ2) is 3.57. The summed E-state index contributed by atoms with van der Waals surface area (Å²) >= 11 is 0. The summed E-state index contributed by atoms with van der Waals surface area (Å²) in [6, 6.07) is 0.237. The van der Waals surface area contributed by atoms with E-state index >= 15 is 0 Å². The van der Waals surface area contributed by atoms with Gasteiger partial charge in [0.05, 0.1) is 6.04 Å². The highest BCUT2D eigenvalue weighted by Crippen LogP contribution is 2.14. The quantitative estimate of drug-likeness (QED) is 0.599. The Labute approximate surface area is 69.6 Å². The van der Waals surface area contributed by atoms with Gasteiger partial charge in [0.2, 0.25) is 0 Å². The molecule has 11 heavy (non-hydrogen) atoms. The highest BCUT2D eigenvalue weighted by atomic mass is 32.2. The fourth-order valence-electron chi connectivity index (χ4n) is 1.42. The van der Waals surface area contributed by atoms with E-state index in [4.69, 9.17) is 0 Å². The van der Waals surface area contributed by atoms with Gasteiger partial charge >= 0.3 is 0 Å². The Morgan fingerprint density at radius 2 is 1.73 bits per heavy atom. The summed E-state index contributed by atoms with van der Waals surface area (Å²) in [7, 11) is -1.76. The van der Waals surface area contributed by atoms with Crippen LogP contribution < -0.4 is 0 Å². The van der Waals surface area contributed by atoms with E-state index in [9.17, 15) is 4.21 Å². The molecule has 1 fully saturated rings. The first-order valence-corrected chi connectivity index (χ1v) is 6.19. The van der Waals surface area contributed by atoms with Crippen molar-refractivity contribution in [2.75, 3.05) is 11.5 Å². The number of nitrogens with zero attached hydrogens (tertiary/aromatic N) is 1. The van der Waals surface area contributed by atoms with E-state index in [1.807, 2.05) is 13.8 Å². The van der Waals surface area contributed by atoms with Crippen LogP contribution in [0.25, 0.3) is 0 Å². The van der Waals surface area contributed by atoms with E-state index in [0.29, 0.717) is 0 Å². The number of hydrogen-bond donors (Lipinski definition) is 0. The zero-order chi connectivity index (χ0) is 8.32. The normalized spacial score (nSPS) is 23.5. The minimum Gasteiger partial charge on any atom is -0.250 e. The van der Waals surface area contributed by atoms with Gasteiger partial charge in [0.1, 0.15) is 0 Å². The van der Waals surface area contributed by atoms with Crippen molar-refractivity contribution < 1.29 is 4.21 Å². The van der Waals surface area contributed by atoms with Crippen molar-refractivity contribution in [3.63, 3.8) is 0 Å². The van der Waals surface area contributed by atoms with Crippen LogP contribution in [0, 0.1) is 0 Å². The molecule has 0 N–H and O–H groups in total. The summed E-state index contributed by atoms with van der Waals surface area (Å²) in [5, 5.41) is 0. The van der Waals surface area contributed by atoms with Gasteiger partial charge in [-0.2, -0.15) is 0 Å². The maximum Gasteiger partial charge on any atom is 0.0537 e. The lowest BCUT2D eigenvalue weighted by Gasteiger charge is -2.16.